The Morgan fingerprint density at radius 1 is 1.16 bits per heavy atom. The number of amides is 1. The molecule has 0 aromatic heterocycles. The molecule has 0 spiro atoms. The zero-order chi connectivity index (χ0) is 14.0. The zero-order valence-electron chi connectivity index (χ0n) is 10.1. The SMILES string of the molecule is Cc1ccc(C(=O)Nc2cc(F)ccc2F)c(O)c1. The lowest BCUT2D eigenvalue weighted by Crippen LogP contribution is -2.13. The summed E-state index contributed by atoms with van der Waals surface area (Å²) in [5.74, 6) is -2.33. The van der Waals surface area contributed by atoms with Crippen LogP contribution in [-0.2, 0) is 0 Å². The maximum Gasteiger partial charge on any atom is 0.259 e. The van der Waals surface area contributed by atoms with Crippen molar-refractivity contribution in [2.45, 2.75) is 6.92 Å². The summed E-state index contributed by atoms with van der Waals surface area (Å²) in [5.41, 5.74) is 0.505. The van der Waals surface area contributed by atoms with Gasteiger partial charge >= 0.3 is 0 Å². The molecule has 0 heterocycles. The Morgan fingerprint density at radius 3 is 2.58 bits per heavy atom. The summed E-state index contributed by atoms with van der Waals surface area (Å²) in [6.07, 6.45) is 0. The van der Waals surface area contributed by atoms with Gasteiger partial charge in [0, 0.05) is 6.07 Å². The van der Waals surface area contributed by atoms with E-state index in [0.717, 1.165) is 23.8 Å². The highest BCUT2D eigenvalue weighted by atomic mass is 19.1. The third-order valence-electron chi connectivity index (χ3n) is 2.57. The normalized spacial score (nSPS) is 10.3. The summed E-state index contributed by atoms with van der Waals surface area (Å²) in [5, 5.41) is 11.8. The first-order valence-corrected chi connectivity index (χ1v) is 5.53. The summed E-state index contributed by atoms with van der Waals surface area (Å²) in [6, 6.07) is 7.21. The molecule has 0 saturated heterocycles. The fraction of sp³-hybridized carbons (Fsp3) is 0.0714. The molecule has 5 heteroatoms. The van der Waals surface area contributed by atoms with Crippen molar-refractivity contribution >= 4 is 11.6 Å². The molecular weight excluding hydrogens is 252 g/mol. The van der Waals surface area contributed by atoms with E-state index in [4.69, 9.17) is 0 Å². The van der Waals surface area contributed by atoms with Gasteiger partial charge in [-0.3, -0.25) is 4.79 Å². The fourth-order valence-electron chi connectivity index (χ4n) is 1.62. The Hall–Kier alpha value is -2.43. The number of rotatable bonds is 2. The zero-order valence-corrected chi connectivity index (χ0v) is 10.1. The second-order valence-electron chi connectivity index (χ2n) is 4.10. The summed E-state index contributed by atoms with van der Waals surface area (Å²) in [4.78, 5) is 11.8. The Bertz CT molecular complexity index is 641. The average Bonchev–Trinajstić information content (AvgIpc) is 2.33. The summed E-state index contributed by atoms with van der Waals surface area (Å²) < 4.78 is 26.3. The number of hydrogen-bond donors (Lipinski definition) is 2. The van der Waals surface area contributed by atoms with Gasteiger partial charge in [0.05, 0.1) is 11.3 Å². The lowest BCUT2D eigenvalue weighted by molar-refractivity contribution is 0.102. The van der Waals surface area contributed by atoms with Crippen LogP contribution < -0.4 is 5.32 Å². The second-order valence-corrected chi connectivity index (χ2v) is 4.10. The van der Waals surface area contributed by atoms with E-state index in [1.807, 2.05) is 0 Å². The topological polar surface area (TPSA) is 49.3 Å². The van der Waals surface area contributed by atoms with Gasteiger partial charge < -0.3 is 10.4 Å². The first-order chi connectivity index (χ1) is 8.97. The molecule has 1 amide bonds. The van der Waals surface area contributed by atoms with E-state index < -0.39 is 17.5 Å². The van der Waals surface area contributed by atoms with E-state index in [1.165, 1.54) is 12.1 Å². The summed E-state index contributed by atoms with van der Waals surface area (Å²) >= 11 is 0. The van der Waals surface area contributed by atoms with Crippen LogP contribution in [0, 0.1) is 18.6 Å². The third-order valence-corrected chi connectivity index (χ3v) is 2.57. The van der Waals surface area contributed by atoms with Gasteiger partial charge in [0.2, 0.25) is 0 Å². The molecule has 19 heavy (non-hydrogen) atoms. The number of aryl methyl sites for hydroxylation is 1. The van der Waals surface area contributed by atoms with Crippen molar-refractivity contribution in [3.05, 3.63) is 59.2 Å². The second kappa shape index (κ2) is 5.06. The van der Waals surface area contributed by atoms with E-state index in [0.29, 0.717) is 0 Å². The smallest absolute Gasteiger partial charge is 0.259 e. The minimum atomic E-state index is -0.749. The largest absolute Gasteiger partial charge is 0.507 e. The van der Waals surface area contributed by atoms with Crippen LogP contribution in [0.4, 0.5) is 14.5 Å². The minimum Gasteiger partial charge on any atom is -0.507 e. The van der Waals surface area contributed by atoms with Gasteiger partial charge in [0.15, 0.2) is 0 Å². The first-order valence-electron chi connectivity index (χ1n) is 5.53. The van der Waals surface area contributed by atoms with E-state index >= 15 is 0 Å². The molecule has 0 aliphatic carbocycles. The molecule has 98 valence electrons. The molecule has 0 fully saturated rings. The molecule has 2 rings (SSSR count). The van der Waals surface area contributed by atoms with Gasteiger partial charge in [-0.1, -0.05) is 6.07 Å². The van der Waals surface area contributed by atoms with Gasteiger partial charge in [0.1, 0.15) is 17.4 Å². The predicted octanol–water partition coefficient (Wildman–Crippen LogP) is 3.23. The first kappa shape index (κ1) is 13.0. The Morgan fingerprint density at radius 2 is 1.89 bits per heavy atom. The molecule has 2 aromatic carbocycles. The highest BCUT2D eigenvalue weighted by Crippen LogP contribution is 2.21. The monoisotopic (exact) mass is 263 g/mol. The van der Waals surface area contributed by atoms with Gasteiger partial charge in [-0.25, -0.2) is 8.78 Å². The maximum absolute atomic E-state index is 13.4. The van der Waals surface area contributed by atoms with Gasteiger partial charge in [-0.05, 0) is 36.8 Å². The standard InChI is InChI=1S/C14H11F2NO2/c1-8-2-4-10(13(18)6-8)14(19)17-12-7-9(15)3-5-11(12)16/h2-7,18H,1H3,(H,17,19). The maximum atomic E-state index is 13.4. The Balaban J connectivity index is 2.28. The highest BCUT2D eigenvalue weighted by molar-refractivity contribution is 6.06. The molecule has 0 aliphatic heterocycles. The minimum absolute atomic E-state index is 0.00531. The molecular formula is C14H11F2NO2. The van der Waals surface area contributed by atoms with E-state index in [1.54, 1.807) is 13.0 Å². The van der Waals surface area contributed by atoms with Crippen molar-refractivity contribution in [1.82, 2.24) is 0 Å². The molecule has 0 radical (unpaired) electrons. The van der Waals surface area contributed by atoms with Crippen molar-refractivity contribution in [3.8, 4) is 5.75 Å². The van der Waals surface area contributed by atoms with Crippen molar-refractivity contribution in [2.24, 2.45) is 0 Å². The van der Waals surface area contributed by atoms with Crippen LogP contribution in [-0.4, -0.2) is 11.0 Å². The van der Waals surface area contributed by atoms with Gasteiger partial charge in [0.25, 0.3) is 5.91 Å². The Kier molecular flexibility index (Phi) is 3.46. The van der Waals surface area contributed by atoms with Gasteiger partial charge in [-0.2, -0.15) is 0 Å². The number of phenolic OH excluding ortho intramolecular Hbond substituents is 1. The molecule has 0 atom stereocenters. The van der Waals surface area contributed by atoms with Crippen LogP contribution >= 0.6 is 0 Å². The Labute approximate surface area is 108 Å². The summed E-state index contributed by atoms with van der Waals surface area (Å²) in [7, 11) is 0. The van der Waals surface area contributed by atoms with Crippen molar-refractivity contribution < 1.29 is 18.7 Å². The van der Waals surface area contributed by atoms with Crippen LogP contribution in [0.2, 0.25) is 0 Å². The number of carbonyl (C=O) groups is 1. The number of nitrogens with one attached hydrogen (secondary N) is 1. The van der Waals surface area contributed by atoms with Crippen LogP contribution in [0.5, 0.6) is 5.75 Å². The van der Waals surface area contributed by atoms with Crippen molar-refractivity contribution in [3.63, 3.8) is 0 Å². The molecule has 0 unspecified atom stereocenters. The van der Waals surface area contributed by atoms with Crippen LogP contribution in [0.15, 0.2) is 36.4 Å². The lowest BCUT2D eigenvalue weighted by atomic mass is 10.1. The number of hydrogen-bond acceptors (Lipinski definition) is 2. The molecule has 0 bridgehead atoms. The van der Waals surface area contributed by atoms with Crippen molar-refractivity contribution in [1.29, 1.82) is 0 Å². The number of anilines is 1. The average molecular weight is 263 g/mol. The van der Waals surface area contributed by atoms with Gasteiger partial charge in [-0.15, -0.1) is 0 Å². The summed E-state index contributed by atoms with van der Waals surface area (Å²) in [6.45, 7) is 1.76. The number of phenols is 1. The lowest BCUT2D eigenvalue weighted by Gasteiger charge is -2.08. The molecule has 0 aliphatic rings. The molecule has 3 nitrogen and oxygen atoms in total. The number of aromatic hydroxyl groups is 1. The number of benzene rings is 2. The third kappa shape index (κ3) is 2.88. The number of halogens is 2. The number of carbonyl (C=O) groups excluding carboxylic acids is 1. The van der Waals surface area contributed by atoms with Crippen molar-refractivity contribution in [2.75, 3.05) is 5.32 Å². The quantitative estimate of drug-likeness (QED) is 0.873. The van der Waals surface area contributed by atoms with E-state index in [2.05, 4.69) is 5.32 Å². The molecule has 0 saturated carbocycles. The molecule has 2 aromatic rings. The van der Waals surface area contributed by atoms with Crippen LogP contribution in [0.3, 0.4) is 0 Å². The molecule has 2 N–H and O–H groups in total. The van der Waals surface area contributed by atoms with Crippen LogP contribution in [0.25, 0.3) is 0 Å². The fourth-order valence-corrected chi connectivity index (χ4v) is 1.62. The van der Waals surface area contributed by atoms with E-state index in [-0.39, 0.29) is 17.0 Å². The highest BCUT2D eigenvalue weighted by Gasteiger charge is 2.13. The predicted molar refractivity (Wildman–Crippen MR) is 67.2 cm³/mol. The van der Waals surface area contributed by atoms with Crippen LogP contribution in [0.1, 0.15) is 15.9 Å². The van der Waals surface area contributed by atoms with E-state index in [9.17, 15) is 18.7 Å².